The van der Waals surface area contributed by atoms with Crippen LogP contribution in [0.5, 0.6) is 0 Å². The predicted octanol–water partition coefficient (Wildman–Crippen LogP) is 2.40. The van der Waals surface area contributed by atoms with Gasteiger partial charge in [-0.05, 0) is 36.3 Å². The fraction of sp³-hybridized carbons (Fsp3) is 0.538. The molecule has 1 fully saturated rings. The van der Waals surface area contributed by atoms with Crippen LogP contribution >= 0.6 is 23.4 Å². The molecule has 1 heterocycles. The highest BCUT2D eigenvalue weighted by molar-refractivity contribution is 8.00. The lowest BCUT2D eigenvalue weighted by molar-refractivity contribution is 0.281. The maximum absolute atomic E-state index is 12.3. The Balaban J connectivity index is 2.09. The molecule has 1 aliphatic rings. The second-order valence-corrected chi connectivity index (χ2v) is 8.31. The van der Waals surface area contributed by atoms with Gasteiger partial charge in [0, 0.05) is 11.8 Å². The maximum atomic E-state index is 12.3. The molecule has 0 saturated carbocycles. The highest BCUT2D eigenvalue weighted by Gasteiger charge is 2.21. The molecule has 1 unspecified atom stereocenters. The van der Waals surface area contributed by atoms with Crippen molar-refractivity contribution in [1.29, 1.82) is 0 Å². The zero-order valence-electron chi connectivity index (χ0n) is 11.0. The Labute approximate surface area is 129 Å². The lowest BCUT2D eigenvalue weighted by Gasteiger charge is -2.21. The van der Waals surface area contributed by atoms with Crippen LogP contribution in [0.15, 0.2) is 23.1 Å². The molecule has 20 heavy (non-hydrogen) atoms. The lowest BCUT2D eigenvalue weighted by Crippen LogP contribution is -2.32. The predicted molar refractivity (Wildman–Crippen MR) is 82.7 cm³/mol. The molecule has 1 saturated heterocycles. The molecule has 1 atom stereocenters. The standard InChI is InChI=1S/C13H18ClNO3S2/c14-12-5-4-10(9-16)7-13(12)20(17,18)15-8-11-3-1-2-6-19-11/h4-5,7,11,15-16H,1-3,6,8-9H2. The minimum absolute atomic E-state index is 0.0338. The molecule has 0 spiro atoms. The van der Waals surface area contributed by atoms with Crippen LogP contribution in [-0.4, -0.2) is 31.1 Å². The molecule has 0 bridgehead atoms. The molecule has 4 nitrogen and oxygen atoms in total. The summed E-state index contributed by atoms with van der Waals surface area (Å²) in [5.41, 5.74) is 0.529. The van der Waals surface area contributed by atoms with Gasteiger partial charge in [-0.2, -0.15) is 11.8 Å². The fourth-order valence-electron chi connectivity index (χ4n) is 2.10. The van der Waals surface area contributed by atoms with E-state index in [4.69, 9.17) is 16.7 Å². The van der Waals surface area contributed by atoms with Crippen molar-refractivity contribution < 1.29 is 13.5 Å². The van der Waals surface area contributed by atoms with E-state index in [1.165, 1.54) is 18.6 Å². The third kappa shape index (κ3) is 4.11. The first-order valence-electron chi connectivity index (χ1n) is 6.53. The second kappa shape index (κ2) is 7.13. The zero-order valence-corrected chi connectivity index (χ0v) is 13.4. The third-order valence-electron chi connectivity index (χ3n) is 3.24. The normalized spacial score (nSPS) is 20.0. The highest BCUT2D eigenvalue weighted by Crippen LogP contribution is 2.26. The van der Waals surface area contributed by atoms with Crippen LogP contribution in [0.2, 0.25) is 5.02 Å². The summed E-state index contributed by atoms with van der Waals surface area (Å²) in [4.78, 5) is 0.0338. The van der Waals surface area contributed by atoms with Crippen molar-refractivity contribution in [3.8, 4) is 0 Å². The van der Waals surface area contributed by atoms with Crippen molar-refractivity contribution in [2.45, 2.75) is 36.0 Å². The van der Waals surface area contributed by atoms with Crippen molar-refractivity contribution >= 4 is 33.4 Å². The molecule has 1 aliphatic heterocycles. The molecule has 0 amide bonds. The Bertz CT molecular complexity index is 557. The minimum Gasteiger partial charge on any atom is -0.392 e. The molecule has 112 valence electrons. The number of benzene rings is 1. The summed E-state index contributed by atoms with van der Waals surface area (Å²) in [7, 11) is -3.63. The van der Waals surface area contributed by atoms with Crippen LogP contribution in [0.3, 0.4) is 0 Å². The quantitative estimate of drug-likeness (QED) is 0.867. The molecule has 0 aromatic heterocycles. The number of nitrogens with one attached hydrogen (secondary N) is 1. The fourth-order valence-corrected chi connectivity index (χ4v) is 5.07. The van der Waals surface area contributed by atoms with E-state index >= 15 is 0 Å². The highest BCUT2D eigenvalue weighted by atomic mass is 35.5. The molecule has 2 N–H and O–H groups in total. The molecule has 7 heteroatoms. The number of rotatable bonds is 5. The van der Waals surface area contributed by atoms with Gasteiger partial charge in [0.15, 0.2) is 0 Å². The number of aliphatic hydroxyl groups excluding tert-OH is 1. The molecule has 2 rings (SSSR count). The Morgan fingerprint density at radius 2 is 2.20 bits per heavy atom. The summed E-state index contributed by atoms with van der Waals surface area (Å²) in [5, 5.41) is 9.59. The zero-order chi connectivity index (χ0) is 14.6. The van der Waals surface area contributed by atoms with Crippen LogP contribution in [0.4, 0.5) is 0 Å². The van der Waals surface area contributed by atoms with Crippen molar-refractivity contribution in [2.24, 2.45) is 0 Å². The van der Waals surface area contributed by atoms with E-state index < -0.39 is 10.0 Å². The molecule has 0 radical (unpaired) electrons. The maximum Gasteiger partial charge on any atom is 0.242 e. The monoisotopic (exact) mass is 335 g/mol. The van der Waals surface area contributed by atoms with Crippen LogP contribution in [0, 0.1) is 0 Å². The van der Waals surface area contributed by atoms with Gasteiger partial charge in [-0.15, -0.1) is 0 Å². The summed E-state index contributed by atoms with van der Waals surface area (Å²) in [6, 6.07) is 4.52. The van der Waals surface area contributed by atoms with Crippen LogP contribution in [0.25, 0.3) is 0 Å². The lowest BCUT2D eigenvalue weighted by atomic mass is 10.2. The first-order valence-corrected chi connectivity index (χ1v) is 9.44. The number of hydrogen-bond donors (Lipinski definition) is 2. The van der Waals surface area contributed by atoms with Crippen molar-refractivity contribution in [1.82, 2.24) is 4.72 Å². The average molecular weight is 336 g/mol. The van der Waals surface area contributed by atoms with Gasteiger partial charge in [0.25, 0.3) is 0 Å². The Hall–Kier alpha value is -0.270. The van der Waals surface area contributed by atoms with Crippen LogP contribution in [0.1, 0.15) is 24.8 Å². The van der Waals surface area contributed by atoms with Gasteiger partial charge in [-0.3, -0.25) is 0 Å². The van der Waals surface area contributed by atoms with Gasteiger partial charge < -0.3 is 5.11 Å². The second-order valence-electron chi connectivity index (χ2n) is 4.76. The summed E-state index contributed by atoms with van der Waals surface area (Å²) in [6.07, 6.45) is 3.40. The van der Waals surface area contributed by atoms with E-state index in [1.807, 2.05) is 11.8 Å². The number of sulfonamides is 1. The van der Waals surface area contributed by atoms with Gasteiger partial charge >= 0.3 is 0 Å². The van der Waals surface area contributed by atoms with E-state index in [0.717, 1.165) is 18.6 Å². The van der Waals surface area contributed by atoms with E-state index in [1.54, 1.807) is 6.07 Å². The van der Waals surface area contributed by atoms with Gasteiger partial charge in [-0.25, -0.2) is 13.1 Å². The summed E-state index contributed by atoms with van der Waals surface area (Å²) >= 11 is 7.76. The topological polar surface area (TPSA) is 66.4 Å². The van der Waals surface area contributed by atoms with Crippen molar-refractivity contribution in [2.75, 3.05) is 12.3 Å². The SMILES string of the molecule is O=S(=O)(NCC1CCCCS1)c1cc(CO)ccc1Cl. The summed E-state index contributed by atoms with van der Waals surface area (Å²) in [5.74, 6) is 1.09. The first kappa shape index (κ1) is 16.1. The van der Waals surface area contributed by atoms with Crippen LogP contribution in [-0.2, 0) is 16.6 Å². The Morgan fingerprint density at radius 1 is 1.40 bits per heavy atom. The van der Waals surface area contributed by atoms with E-state index in [0.29, 0.717) is 17.4 Å². The summed E-state index contributed by atoms with van der Waals surface area (Å²) < 4.78 is 27.2. The molecular weight excluding hydrogens is 318 g/mol. The minimum atomic E-state index is -3.63. The van der Waals surface area contributed by atoms with Gasteiger partial charge in [0.1, 0.15) is 4.90 Å². The van der Waals surface area contributed by atoms with Crippen molar-refractivity contribution in [3.05, 3.63) is 28.8 Å². The van der Waals surface area contributed by atoms with E-state index in [9.17, 15) is 8.42 Å². The number of aliphatic hydroxyl groups is 1. The summed E-state index contributed by atoms with van der Waals surface area (Å²) in [6.45, 7) is 0.213. The Morgan fingerprint density at radius 3 is 2.85 bits per heavy atom. The largest absolute Gasteiger partial charge is 0.392 e. The molecule has 0 aliphatic carbocycles. The van der Waals surface area contributed by atoms with Gasteiger partial charge in [0.05, 0.1) is 11.6 Å². The molecular formula is C13H18ClNO3S2. The molecule has 1 aromatic carbocycles. The first-order chi connectivity index (χ1) is 9.53. The van der Waals surface area contributed by atoms with Gasteiger partial charge in [-0.1, -0.05) is 24.1 Å². The van der Waals surface area contributed by atoms with E-state index in [2.05, 4.69) is 4.72 Å². The molecule has 1 aromatic rings. The smallest absolute Gasteiger partial charge is 0.242 e. The number of hydrogen-bond acceptors (Lipinski definition) is 4. The number of halogens is 1. The van der Waals surface area contributed by atoms with Crippen molar-refractivity contribution in [3.63, 3.8) is 0 Å². The van der Waals surface area contributed by atoms with E-state index in [-0.39, 0.29) is 16.5 Å². The number of thioether (sulfide) groups is 1. The van der Waals surface area contributed by atoms with Crippen LogP contribution < -0.4 is 4.72 Å². The third-order valence-corrected chi connectivity index (χ3v) is 6.55. The average Bonchev–Trinajstić information content (AvgIpc) is 2.47. The van der Waals surface area contributed by atoms with Gasteiger partial charge in [0.2, 0.25) is 10.0 Å². The Kier molecular flexibility index (Phi) is 5.74.